The number of aryl methyl sites for hydroxylation is 2. The molecule has 1 aliphatic heterocycles. The van der Waals surface area contributed by atoms with E-state index in [1.807, 2.05) is 49.6 Å². The molecular weight excluding hydrogens is 409 g/mol. The number of rotatable bonds is 5. The van der Waals surface area contributed by atoms with Gasteiger partial charge < -0.3 is 9.88 Å². The first-order valence-electron chi connectivity index (χ1n) is 10.3. The molecule has 3 amide bonds. The lowest BCUT2D eigenvalue weighted by atomic mass is 9.92. The van der Waals surface area contributed by atoms with Crippen LogP contribution in [0.3, 0.4) is 0 Å². The summed E-state index contributed by atoms with van der Waals surface area (Å²) in [6.45, 7) is 6.93. The molecule has 3 aromatic rings. The van der Waals surface area contributed by atoms with E-state index in [9.17, 15) is 18.8 Å². The first kappa shape index (κ1) is 21.5. The zero-order chi connectivity index (χ0) is 23.2. The van der Waals surface area contributed by atoms with E-state index in [0.717, 1.165) is 27.5 Å². The van der Waals surface area contributed by atoms with E-state index in [-0.39, 0.29) is 12.3 Å². The van der Waals surface area contributed by atoms with Gasteiger partial charge in [-0.05, 0) is 63.1 Å². The molecule has 0 bridgehead atoms. The lowest BCUT2D eigenvalue weighted by Crippen LogP contribution is -2.41. The Kier molecular flexibility index (Phi) is 5.20. The average molecular weight is 433 g/mol. The molecule has 7 heteroatoms. The summed E-state index contributed by atoms with van der Waals surface area (Å²) in [6.07, 6.45) is 0. The van der Waals surface area contributed by atoms with Crippen LogP contribution < -0.4 is 5.32 Å². The number of ketones is 1. The second kappa shape index (κ2) is 7.75. The molecule has 2 aromatic carbocycles. The molecular formula is C25H24FN3O3. The Balaban J connectivity index is 1.62. The number of benzene rings is 2. The van der Waals surface area contributed by atoms with Crippen LogP contribution in [0.1, 0.15) is 39.8 Å². The molecule has 0 aliphatic carbocycles. The van der Waals surface area contributed by atoms with Crippen LogP contribution in [0.25, 0.3) is 5.69 Å². The van der Waals surface area contributed by atoms with Crippen LogP contribution in [0.15, 0.2) is 54.6 Å². The Morgan fingerprint density at radius 2 is 1.69 bits per heavy atom. The van der Waals surface area contributed by atoms with E-state index in [1.54, 1.807) is 13.0 Å². The van der Waals surface area contributed by atoms with Crippen LogP contribution >= 0.6 is 0 Å². The molecule has 4 rings (SSSR count). The van der Waals surface area contributed by atoms with Crippen molar-refractivity contribution in [2.24, 2.45) is 0 Å². The minimum Gasteiger partial charge on any atom is -0.319 e. The summed E-state index contributed by atoms with van der Waals surface area (Å²) in [7, 11) is 0. The van der Waals surface area contributed by atoms with Gasteiger partial charge in [0.15, 0.2) is 5.78 Å². The van der Waals surface area contributed by atoms with Crippen molar-refractivity contribution in [2.45, 2.75) is 33.2 Å². The molecule has 32 heavy (non-hydrogen) atoms. The van der Waals surface area contributed by atoms with E-state index in [1.165, 1.54) is 24.3 Å². The van der Waals surface area contributed by atoms with Crippen molar-refractivity contribution < 1.29 is 18.8 Å². The highest BCUT2D eigenvalue weighted by Gasteiger charge is 2.49. The van der Waals surface area contributed by atoms with Crippen LogP contribution in [0, 0.1) is 26.6 Å². The van der Waals surface area contributed by atoms with E-state index < -0.39 is 23.3 Å². The number of nitrogens with zero attached hydrogens (tertiary/aromatic N) is 2. The van der Waals surface area contributed by atoms with Gasteiger partial charge in [0.05, 0.1) is 6.54 Å². The maximum atomic E-state index is 13.3. The number of hydrogen-bond donors (Lipinski definition) is 1. The van der Waals surface area contributed by atoms with Crippen molar-refractivity contribution in [3.05, 3.63) is 88.5 Å². The van der Waals surface area contributed by atoms with Gasteiger partial charge in [-0.15, -0.1) is 0 Å². The first-order valence-corrected chi connectivity index (χ1v) is 10.3. The molecule has 1 atom stereocenters. The average Bonchev–Trinajstić information content (AvgIpc) is 3.16. The number of urea groups is 1. The molecule has 1 fully saturated rings. The van der Waals surface area contributed by atoms with Crippen LogP contribution in [0.5, 0.6) is 0 Å². The van der Waals surface area contributed by atoms with Gasteiger partial charge in [-0.25, -0.2) is 9.18 Å². The lowest BCUT2D eigenvalue weighted by Gasteiger charge is -2.22. The SMILES string of the molecule is Cc1ccccc1-n1c(C)cc(C(=O)CN2C(=O)NC(C)(c3ccc(F)cc3)C2=O)c1C. The predicted molar refractivity (Wildman–Crippen MR) is 118 cm³/mol. The number of hydrogen-bond acceptors (Lipinski definition) is 3. The van der Waals surface area contributed by atoms with Gasteiger partial charge in [-0.2, -0.15) is 0 Å². The van der Waals surface area contributed by atoms with Gasteiger partial charge in [-0.3, -0.25) is 14.5 Å². The summed E-state index contributed by atoms with van der Waals surface area (Å²) in [4.78, 5) is 39.8. The number of para-hydroxylation sites is 1. The number of nitrogens with one attached hydrogen (secondary N) is 1. The van der Waals surface area contributed by atoms with E-state index in [4.69, 9.17) is 0 Å². The number of carbonyl (C=O) groups excluding carboxylic acids is 3. The van der Waals surface area contributed by atoms with Crippen molar-refractivity contribution in [1.82, 2.24) is 14.8 Å². The monoisotopic (exact) mass is 433 g/mol. The third-order valence-corrected chi connectivity index (χ3v) is 6.09. The molecule has 1 aliphatic rings. The number of Topliss-reactive ketones (excluding diaryl/α,β-unsaturated/α-hetero) is 1. The van der Waals surface area contributed by atoms with Crippen molar-refractivity contribution >= 4 is 17.7 Å². The summed E-state index contributed by atoms with van der Waals surface area (Å²) in [6, 6.07) is 14.4. The molecule has 164 valence electrons. The fourth-order valence-electron chi connectivity index (χ4n) is 4.28. The van der Waals surface area contributed by atoms with Crippen LogP contribution in [-0.4, -0.2) is 33.7 Å². The molecule has 1 saturated heterocycles. The van der Waals surface area contributed by atoms with E-state index in [2.05, 4.69) is 5.32 Å². The third kappa shape index (κ3) is 3.39. The zero-order valence-corrected chi connectivity index (χ0v) is 18.4. The quantitative estimate of drug-likeness (QED) is 0.484. The fourth-order valence-corrected chi connectivity index (χ4v) is 4.28. The van der Waals surface area contributed by atoms with Gasteiger partial charge in [0.25, 0.3) is 5.91 Å². The highest BCUT2D eigenvalue weighted by Crippen LogP contribution is 2.30. The van der Waals surface area contributed by atoms with Crippen LogP contribution in [-0.2, 0) is 10.3 Å². The predicted octanol–water partition coefficient (Wildman–Crippen LogP) is 4.19. The van der Waals surface area contributed by atoms with Gasteiger partial charge in [0.1, 0.15) is 11.4 Å². The fraction of sp³-hybridized carbons (Fsp3) is 0.240. The molecule has 2 heterocycles. The minimum absolute atomic E-state index is 0.329. The third-order valence-electron chi connectivity index (χ3n) is 6.09. The summed E-state index contributed by atoms with van der Waals surface area (Å²) < 4.78 is 15.3. The summed E-state index contributed by atoms with van der Waals surface area (Å²) in [5.74, 6) is -1.31. The normalized spacial score (nSPS) is 18.2. The Labute approximate surface area is 185 Å². The Morgan fingerprint density at radius 3 is 2.34 bits per heavy atom. The van der Waals surface area contributed by atoms with Crippen molar-refractivity contribution in [1.29, 1.82) is 0 Å². The largest absolute Gasteiger partial charge is 0.325 e. The van der Waals surface area contributed by atoms with Crippen molar-refractivity contribution in [2.75, 3.05) is 6.54 Å². The standard InChI is InChI=1S/C25H24FN3O3/c1-15-7-5-6-8-21(15)29-16(2)13-20(17(29)3)22(30)14-28-23(31)25(4,27-24(28)32)18-9-11-19(26)12-10-18/h5-13H,14H2,1-4H3,(H,27,32). The Hall–Kier alpha value is -3.74. The lowest BCUT2D eigenvalue weighted by molar-refractivity contribution is -0.130. The van der Waals surface area contributed by atoms with Gasteiger partial charge in [0.2, 0.25) is 0 Å². The smallest absolute Gasteiger partial charge is 0.319 e. The number of carbonyl (C=O) groups is 3. The van der Waals surface area contributed by atoms with Gasteiger partial charge in [0, 0.05) is 22.6 Å². The van der Waals surface area contributed by atoms with E-state index >= 15 is 0 Å². The molecule has 0 saturated carbocycles. The molecule has 6 nitrogen and oxygen atoms in total. The Morgan fingerprint density at radius 1 is 1.03 bits per heavy atom. The molecule has 1 N–H and O–H groups in total. The zero-order valence-electron chi connectivity index (χ0n) is 18.4. The summed E-state index contributed by atoms with van der Waals surface area (Å²) in [5, 5.41) is 2.64. The van der Waals surface area contributed by atoms with Gasteiger partial charge in [-0.1, -0.05) is 30.3 Å². The number of amides is 3. The maximum absolute atomic E-state index is 13.3. The maximum Gasteiger partial charge on any atom is 0.325 e. The van der Waals surface area contributed by atoms with Crippen molar-refractivity contribution in [3.63, 3.8) is 0 Å². The molecule has 0 radical (unpaired) electrons. The van der Waals surface area contributed by atoms with E-state index in [0.29, 0.717) is 11.1 Å². The number of aromatic nitrogens is 1. The number of imide groups is 1. The Bertz CT molecular complexity index is 1250. The molecule has 1 aromatic heterocycles. The molecule has 1 unspecified atom stereocenters. The first-order chi connectivity index (χ1) is 15.1. The number of halogens is 1. The minimum atomic E-state index is -1.36. The van der Waals surface area contributed by atoms with Crippen LogP contribution in [0.4, 0.5) is 9.18 Å². The highest BCUT2D eigenvalue weighted by molar-refractivity contribution is 6.11. The van der Waals surface area contributed by atoms with Crippen molar-refractivity contribution in [3.8, 4) is 5.69 Å². The summed E-state index contributed by atoms with van der Waals surface area (Å²) in [5.41, 5.74) is 3.22. The second-order valence-corrected chi connectivity index (χ2v) is 8.28. The van der Waals surface area contributed by atoms with Crippen LogP contribution in [0.2, 0.25) is 0 Å². The molecule has 0 spiro atoms. The summed E-state index contributed by atoms with van der Waals surface area (Å²) >= 11 is 0. The highest BCUT2D eigenvalue weighted by atomic mass is 19.1. The van der Waals surface area contributed by atoms with Gasteiger partial charge >= 0.3 is 6.03 Å². The topological polar surface area (TPSA) is 71.4 Å². The second-order valence-electron chi connectivity index (χ2n) is 8.28.